The maximum absolute atomic E-state index is 16.0. The molecule has 2 aromatic carbocycles. The number of aromatic amines is 1. The van der Waals surface area contributed by atoms with E-state index in [1.165, 1.54) is 25.4 Å². The Hall–Kier alpha value is -3.72. The molecule has 5 rings (SSSR count). The minimum atomic E-state index is -2.92. The molecule has 3 unspecified atom stereocenters. The number of rotatable bonds is 7. The number of hydrogen-bond donors (Lipinski definition) is 4. The highest BCUT2D eigenvalue weighted by molar-refractivity contribution is 7.81. The lowest BCUT2D eigenvalue weighted by atomic mass is 9.92. The van der Waals surface area contributed by atoms with Crippen LogP contribution in [0, 0.1) is 17.5 Å². The standard InChI is InChI=1S/C26H23ClF3N5O5S/c1-40-26-18(10-12(27)11-31-26)35(41(38)39)17-9-8-15(28)20(22(17)30)13-6-7-14-23(21(13)29)33-34-24(14)25(37)32-16-4-2-3-5-19(16)36/h6-11,16,19,36H,2-5H2,1H3,(H,32,37)(H,33,34)(H,38,39). The summed E-state index contributed by atoms with van der Waals surface area (Å²) in [7, 11) is 1.23. The summed E-state index contributed by atoms with van der Waals surface area (Å²) >= 11 is 3.06. The number of carbonyl (C=O) groups is 1. The second-order valence-electron chi connectivity index (χ2n) is 9.32. The van der Waals surface area contributed by atoms with E-state index >= 15 is 13.2 Å². The predicted octanol–water partition coefficient (Wildman–Crippen LogP) is 5.01. The molecule has 0 saturated heterocycles. The van der Waals surface area contributed by atoms with Crippen LogP contribution in [0.1, 0.15) is 36.2 Å². The quantitative estimate of drug-likeness (QED) is 0.216. The third-order valence-electron chi connectivity index (χ3n) is 6.86. The van der Waals surface area contributed by atoms with Gasteiger partial charge in [0, 0.05) is 17.1 Å². The first-order valence-corrected chi connectivity index (χ1v) is 13.8. The number of fused-ring (bicyclic) bond motifs is 1. The number of pyridine rings is 1. The van der Waals surface area contributed by atoms with Crippen LogP contribution in [-0.2, 0) is 11.3 Å². The number of aliphatic hydroxyl groups excluding tert-OH is 1. The Morgan fingerprint density at radius 2 is 1.93 bits per heavy atom. The molecule has 1 aliphatic carbocycles. The molecule has 4 aromatic rings. The van der Waals surface area contributed by atoms with Gasteiger partial charge in [0.1, 0.15) is 22.7 Å². The molecule has 0 aliphatic heterocycles. The summed E-state index contributed by atoms with van der Waals surface area (Å²) in [6.45, 7) is 0. The predicted molar refractivity (Wildman–Crippen MR) is 146 cm³/mol. The Morgan fingerprint density at radius 3 is 2.63 bits per heavy atom. The van der Waals surface area contributed by atoms with E-state index in [2.05, 4.69) is 20.5 Å². The molecule has 4 N–H and O–H groups in total. The normalized spacial score (nSPS) is 17.8. The fourth-order valence-corrected chi connectivity index (χ4v) is 5.66. The van der Waals surface area contributed by atoms with Crippen LogP contribution in [-0.4, -0.2) is 54.2 Å². The van der Waals surface area contributed by atoms with Crippen molar-refractivity contribution in [2.75, 3.05) is 11.4 Å². The number of nitrogens with zero attached hydrogens (tertiary/aromatic N) is 3. The number of nitrogens with one attached hydrogen (secondary N) is 2. The van der Waals surface area contributed by atoms with E-state index in [-0.39, 0.29) is 33.2 Å². The van der Waals surface area contributed by atoms with Gasteiger partial charge in [0.15, 0.2) is 11.6 Å². The molecule has 1 fully saturated rings. The number of methoxy groups -OCH3 is 1. The van der Waals surface area contributed by atoms with E-state index in [9.17, 15) is 18.7 Å². The lowest BCUT2D eigenvalue weighted by molar-refractivity contribution is 0.0715. The topological polar surface area (TPSA) is 141 Å². The molecule has 1 amide bonds. The van der Waals surface area contributed by atoms with Gasteiger partial charge in [0.05, 0.1) is 35.5 Å². The van der Waals surface area contributed by atoms with E-state index in [0.717, 1.165) is 31.0 Å². The highest BCUT2D eigenvalue weighted by Gasteiger charge is 2.30. The van der Waals surface area contributed by atoms with E-state index in [1.54, 1.807) is 0 Å². The van der Waals surface area contributed by atoms with Crippen LogP contribution in [0.4, 0.5) is 24.5 Å². The highest BCUT2D eigenvalue weighted by atomic mass is 35.5. The van der Waals surface area contributed by atoms with Gasteiger partial charge >= 0.3 is 0 Å². The van der Waals surface area contributed by atoms with Crippen LogP contribution in [0.25, 0.3) is 22.0 Å². The van der Waals surface area contributed by atoms with Gasteiger partial charge < -0.3 is 15.2 Å². The maximum atomic E-state index is 16.0. The van der Waals surface area contributed by atoms with Crippen molar-refractivity contribution in [3.63, 3.8) is 0 Å². The van der Waals surface area contributed by atoms with Crippen LogP contribution in [0.3, 0.4) is 0 Å². The zero-order valence-electron chi connectivity index (χ0n) is 21.3. The average molecular weight is 610 g/mol. The summed E-state index contributed by atoms with van der Waals surface area (Å²) in [5.74, 6) is -4.46. The summed E-state index contributed by atoms with van der Waals surface area (Å²) in [4.78, 5) is 16.8. The van der Waals surface area contributed by atoms with Crippen LogP contribution < -0.4 is 14.4 Å². The van der Waals surface area contributed by atoms with Crippen LogP contribution >= 0.6 is 11.6 Å². The van der Waals surface area contributed by atoms with Gasteiger partial charge in [-0.15, -0.1) is 0 Å². The first-order valence-electron chi connectivity index (χ1n) is 12.4. The molecular weight excluding hydrogens is 587 g/mol. The van der Waals surface area contributed by atoms with Crippen molar-refractivity contribution in [1.29, 1.82) is 0 Å². The Balaban J connectivity index is 1.57. The number of halogens is 4. The lowest BCUT2D eigenvalue weighted by Crippen LogP contribution is -2.45. The summed E-state index contributed by atoms with van der Waals surface area (Å²) in [6, 6.07) is 4.78. The molecule has 2 aromatic heterocycles. The van der Waals surface area contributed by atoms with Gasteiger partial charge in [-0.25, -0.2) is 26.7 Å². The van der Waals surface area contributed by atoms with Crippen LogP contribution in [0.15, 0.2) is 36.5 Å². The highest BCUT2D eigenvalue weighted by Crippen LogP contribution is 2.41. The molecule has 0 spiro atoms. The summed E-state index contributed by atoms with van der Waals surface area (Å²) in [5, 5.41) is 19.3. The van der Waals surface area contributed by atoms with Gasteiger partial charge in [-0.3, -0.25) is 14.4 Å². The van der Waals surface area contributed by atoms with Crippen molar-refractivity contribution in [1.82, 2.24) is 20.5 Å². The van der Waals surface area contributed by atoms with Crippen molar-refractivity contribution >= 4 is 51.1 Å². The van der Waals surface area contributed by atoms with Crippen molar-refractivity contribution < 1.29 is 36.6 Å². The average Bonchev–Trinajstić information content (AvgIpc) is 3.38. The largest absolute Gasteiger partial charge is 0.479 e. The molecule has 15 heteroatoms. The summed E-state index contributed by atoms with van der Waals surface area (Å²) < 4.78 is 74.8. The zero-order chi connectivity index (χ0) is 29.4. The number of aromatic nitrogens is 3. The summed E-state index contributed by atoms with van der Waals surface area (Å²) in [5.41, 5.74) is -2.64. The fourth-order valence-electron chi connectivity index (χ4n) is 4.90. The third kappa shape index (κ3) is 5.35. The number of hydrogen-bond acceptors (Lipinski definition) is 6. The number of H-pyrrole nitrogens is 1. The molecule has 1 aliphatic rings. The zero-order valence-corrected chi connectivity index (χ0v) is 22.9. The van der Waals surface area contributed by atoms with Crippen LogP contribution in [0.5, 0.6) is 5.88 Å². The van der Waals surface area contributed by atoms with E-state index in [0.29, 0.717) is 17.1 Å². The Bertz CT molecular complexity index is 1670. The number of anilines is 2. The van der Waals surface area contributed by atoms with Gasteiger partial charge in [-0.2, -0.15) is 5.10 Å². The molecule has 3 atom stereocenters. The Labute approximate surface area is 238 Å². The molecule has 2 heterocycles. The second kappa shape index (κ2) is 11.6. The molecule has 0 radical (unpaired) electrons. The SMILES string of the molecule is COc1ncc(Cl)cc1N(c1ccc(F)c(-c2ccc3c(C(=O)NC4CCCCC4O)[nH]nc3c2F)c1F)S(=O)O. The molecule has 10 nitrogen and oxygen atoms in total. The first kappa shape index (κ1) is 28.8. The molecule has 0 bridgehead atoms. The maximum Gasteiger partial charge on any atom is 0.270 e. The summed E-state index contributed by atoms with van der Waals surface area (Å²) in [6.07, 6.45) is 3.30. The minimum absolute atomic E-state index is 0.0341. The Morgan fingerprint density at radius 1 is 1.17 bits per heavy atom. The van der Waals surface area contributed by atoms with Gasteiger partial charge in [0.25, 0.3) is 17.2 Å². The van der Waals surface area contributed by atoms with Gasteiger partial charge in [0.2, 0.25) is 5.88 Å². The number of carbonyl (C=O) groups excluding carboxylic acids is 1. The smallest absolute Gasteiger partial charge is 0.270 e. The number of ether oxygens (including phenoxy) is 1. The fraction of sp³-hybridized carbons (Fsp3) is 0.269. The van der Waals surface area contributed by atoms with Crippen molar-refractivity contribution in [3.05, 3.63) is 64.7 Å². The molecule has 1 saturated carbocycles. The number of aliphatic hydroxyl groups is 1. The number of benzene rings is 2. The Kier molecular flexibility index (Phi) is 8.18. The van der Waals surface area contributed by atoms with E-state index < -0.39 is 63.6 Å². The van der Waals surface area contributed by atoms with Crippen molar-refractivity contribution in [3.8, 4) is 17.0 Å². The monoisotopic (exact) mass is 609 g/mol. The van der Waals surface area contributed by atoms with Crippen LogP contribution in [0.2, 0.25) is 5.02 Å². The molecule has 216 valence electrons. The third-order valence-corrected chi connectivity index (χ3v) is 7.78. The van der Waals surface area contributed by atoms with E-state index in [4.69, 9.17) is 16.3 Å². The number of amides is 1. The van der Waals surface area contributed by atoms with E-state index in [1.807, 2.05) is 0 Å². The minimum Gasteiger partial charge on any atom is -0.479 e. The molecular formula is C26H23ClF3N5O5S. The van der Waals surface area contributed by atoms with Gasteiger partial charge in [-0.05, 0) is 37.1 Å². The van der Waals surface area contributed by atoms with Crippen molar-refractivity contribution in [2.24, 2.45) is 0 Å². The second-order valence-corrected chi connectivity index (χ2v) is 10.6. The first-order chi connectivity index (χ1) is 19.6. The lowest BCUT2D eigenvalue weighted by Gasteiger charge is -2.28. The molecule has 41 heavy (non-hydrogen) atoms. The van der Waals surface area contributed by atoms with Crippen molar-refractivity contribution in [2.45, 2.75) is 37.8 Å². The van der Waals surface area contributed by atoms with Gasteiger partial charge in [-0.1, -0.05) is 30.5 Å².